The summed E-state index contributed by atoms with van der Waals surface area (Å²) < 4.78 is 5.81. The van der Waals surface area contributed by atoms with Gasteiger partial charge in [-0.2, -0.15) is 5.26 Å². The Hall–Kier alpha value is -1.98. The lowest BCUT2D eigenvalue weighted by atomic mass is 9.97. The van der Waals surface area contributed by atoms with Crippen molar-refractivity contribution in [1.82, 2.24) is 0 Å². The van der Waals surface area contributed by atoms with Gasteiger partial charge < -0.3 is 4.74 Å². The van der Waals surface area contributed by atoms with Gasteiger partial charge in [0.15, 0.2) is 0 Å². The summed E-state index contributed by atoms with van der Waals surface area (Å²) in [4.78, 5) is 0. The van der Waals surface area contributed by atoms with E-state index >= 15 is 0 Å². The van der Waals surface area contributed by atoms with Crippen LogP contribution in [0.3, 0.4) is 0 Å². The molecule has 0 saturated carbocycles. The molecular formula is C17H16ClNO. The molecule has 0 aliphatic carbocycles. The largest absolute Gasteiger partial charge is 0.492 e. The fraction of sp³-hybridized carbons (Fsp3) is 0.235. The van der Waals surface area contributed by atoms with E-state index in [2.05, 4.69) is 25.1 Å². The zero-order valence-electron chi connectivity index (χ0n) is 11.3. The van der Waals surface area contributed by atoms with Gasteiger partial charge in [-0.05, 0) is 30.2 Å². The zero-order valence-corrected chi connectivity index (χ0v) is 12.1. The number of ether oxygens (including phenoxy) is 1. The number of hydrogen-bond donors (Lipinski definition) is 0. The van der Waals surface area contributed by atoms with Crippen LogP contribution in [0.15, 0.2) is 48.5 Å². The Balaban J connectivity index is 2.10. The number of rotatable bonds is 5. The number of halogens is 1. The van der Waals surface area contributed by atoms with Crippen molar-refractivity contribution in [1.29, 1.82) is 5.26 Å². The summed E-state index contributed by atoms with van der Waals surface area (Å²) in [5.74, 6) is 0.907. The summed E-state index contributed by atoms with van der Waals surface area (Å²) in [6.45, 7) is 2.69. The van der Waals surface area contributed by atoms with Gasteiger partial charge in [0.1, 0.15) is 11.8 Å². The van der Waals surface area contributed by atoms with Gasteiger partial charge in [0, 0.05) is 10.9 Å². The Morgan fingerprint density at radius 2 is 1.95 bits per heavy atom. The highest BCUT2D eigenvalue weighted by molar-refractivity contribution is 6.30. The van der Waals surface area contributed by atoms with Gasteiger partial charge in [-0.25, -0.2) is 0 Å². The quantitative estimate of drug-likeness (QED) is 0.792. The second kappa shape index (κ2) is 6.98. The van der Waals surface area contributed by atoms with E-state index < -0.39 is 0 Å². The van der Waals surface area contributed by atoms with E-state index in [9.17, 15) is 0 Å². The molecule has 3 heteroatoms. The summed E-state index contributed by atoms with van der Waals surface area (Å²) >= 11 is 5.87. The second-order valence-electron chi connectivity index (χ2n) is 4.58. The molecule has 102 valence electrons. The van der Waals surface area contributed by atoms with Crippen LogP contribution in [0.1, 0.15) is 30.4 Å². The van der Waals surface area contributed by atoms with E-state index in [-0.39, 0.29) is 0 Å². The molecule has 2 rings (SSSR count). The van der Waals surface area contributed by atoms with Crippen molar-refractivity contribution in [2.24, 2.45) is 0 Å². The molecule has 1 atom stereocenters. The molecule has 20 heavy (non-hydrogen) atoms. The first-order valence-corrected chi connectivity index (χ1v) is 6.99. The fourth-order valence-electron chi connectivity index (χ4n) is 2.08. The predicted molar refractivity (Wildman–Crippen MR) is 81.1 cm³/mol. The van der Waals surface area contributed by atoms with E-state index in [0.717, 1.165) is 6.42 Å². The number of nitriles is 1. The average molecular weight is 286 g/mol. The van der Waals surface area contributed by atoms with Gasteiger partial charge in [-0.3, -0.25) is 0 Å². The van der Waals surface area contributed by atoms with Crippen molar-refractivity contribution >= 4 is 11.6 Å². The number of hydrogen-bond acceptors (Lipinski definition) is 2. The van der Waals surface area contributed by atoms with Gasteiger partial charge in [0.2, 0.25) is 0 Å². The minimum atomic E-state index is 0.318. The van der Waals surface area contributed by atoms with E-state index in [1.54, 1.807) is 18.2 Å². The second-order valence-corrected chi connectivity index (χ2v) is 5.02. The first-order valence-electron chi connectivity index (χ1n) is 6.62. The van der Waals surface area contributed by atoms with Crippen LogP contribution in [-0.4, -0.2) is 6.61 Å². The van der Waals surface area contributed by atoms with Gasteiger partial charge in [0.25, 0.3) is 0 Å². The molecule has 2 aromatic carbocycles. The Labute approximate surface area is 124 Å². The number of benzene rings is 2. The minimum absolute atomic E-state index is 0.318. The van der Waals surface area contributed by atoms with Crippen molar-refractivity contribution in [3.63, 3.8) is 0 Å². The van der Waals surface area contributed by atoms with Crippen LogP contribution in [0, 0.1) is 11.3 Å². The summed E-state index contributed by atoms with van der Waals surface area (Å²) in [6.07, 6.45) is 0.986. The lowest BCUT2D eigenvalue weighted by Gasteiger charge is -2.17. The third-order valence-electron chi connectivity index (χ3n) is 3.27. The molecule has 0 amide bonds. The maximum absolute atomic E-state index is 9.09. The third kappa shape index (κ3) is 3.53. The van der Waals surface area contributed by atoms with Gasteiger partial charge >= 0.3 is 0 Å². The minimum Gasteiger partial charge on any atom is -0.492 e. The normalized spacial score (nSPS) is 11.7. The monoisotopic (exact) mass is 285 g/mol. The molecule has 0 heterocycles. The van der Waals surface area contributed by atoms with Gasteiger partial charge in [0.05, 0.1) is 12.2 Å². The Kier molecular flexibility index (Phi) is 5.03. The molecule has 0 bridgehead atoms. The average Bonchev–Trinajstić information content (AvgIpc) is 2.50. The highest BCUT2D eigenvalue weighted by Gasteiger charge is 2.11. The summed E-state index contributed by atoms with van der Waals surface area (Å²) in [5.41, 5.74) is 1.72. The molecule has 0 N–H and O–H groups in total. The van der Waals surface area contributed by atoms with Crippen LogP contribution >= 0.6 is 11.6 Å². The molecule has 0 aliphatic heterocycles. The highest BCUT2D eigenvalue weighted by atomic mass is 35.5. The summed E-state index contributed by atoms with van der Waals surface area (Å²) in [6, 6.07) is 17.5. The van der Waals surface area contributed by atoms with Crippen LogP contribution in [0.25, 0.3) is 0 Å². The molecule has 0 saturated heterocycles. The molecule has 0 aromatic heterocycles. The zero-order chi connectivity index (χ0) is 14.4. The van der Waals surface area contributed by atoms with Crippen molar-refractivity contribution in [2.75, 3.05) is 6.61 Å². The van der Waals surface area contributed by atoms with Crippen LogP contribution in [0.4, 0.5) is 0 Å². The summed E-state index contributed by atoms with van der Waals surface area (Å²) in [7, 11) is 0. The standard InChI is InChI=1S/C17H16ClNO/c1-2-13(14-6-4-3-5-7-14)12-20-17-9-8-16(18)10-15(17)11-19/h3-10,13H,2,12H2,1H3. The topological polar surface area (TPSA) is 33.0 Å². The van der Waals surface area contributed by atoms with E-state index in [4.69, 9.17) is 21.6 Å². The molecule has 1 unspecified atom stereocenters. The van der Waals surface area contributed by atoms with Crippen molar-refractivity contribution < 1.29 is 4.74 Å². The van der Waals surface area contributed by atoms with Crippen LogP contribution in [-0.2, 0) is 0 Å². The molecule has 0 fully saturated rings. The van der Waals surface area contributed by atoms with Gasteiger partial charge in [-0.1, -0.05) is 48.9 Å². The van der Waals surface area contributed by atoms with Crippen LogP contribution in [0.2, 0.25) is 5.02 Å². The SMILES string of the molecule is CCC(COc1ccc(Cl)cc1C#N)c1ccccc1. The predicted octanol–water partition coefficient (Wildman–Crippen LogP) is 4.78. The maximum atomic E-state index is 9.09. The van der Waals surface area contributed by atoms with Crippen LogP contribution in [0.5, 0.6) is 5.75 Å². The van der Waals surface area contributed by atoms with Crippen molar-refractivity contribution in [3.8, 4) is 11.8 Å². The smallest absolute Gasteiger partial charge is 0.137 e. The van der Waals surface area contributed by atoms with Crippen molar-refractivity contribution in [2.45, 2.75) is 19.3 Å². The number of nitrogens with zero attached hydrogens (tertiary/aromatic N) is 1. The maximum Gasteiger partial charge on any atom is 0.137 e. The Morgan fingerprint density at radius 1 is 1.20 bits per heavy atom. The van der Waals surface area contributed by atoms with E-state index in [0.29, 0.717) is 28.9 Å². The molecule has 0 aliphatic rings. The Bertz CT molecular complexity index is 604. The van der Waals surface area contributed by atoms with E-state index in [1.165, 1.54) is 5.56 Å². The Morgan fingerprint density at radius 3 is 2.60 bits per heavy atom. The summed E-state index contributed by atoms with van der Waals surface area (Å²) in [5, 5.41) is 9.64. The van der Waals surface area contributed by atoms with Crippen LogP contribution < -0.4 is 4.74 Å². The molecule has 0 radical (unpaired) electrons. The molecule has 0 spiro atoms. The lowest BCUT2D eigenvalue weighted by Crippen LogP contribution is -2.10. The molecule has 2 aromatic rings. The van der Waals surface area contributed by atoms with Gasteiger partial charge in [-0.15, -0.1) is 0 Å². The lowest BCUT2D eigenvalue weighted by molar-refractivity contribution is 0.284. The first kappa shape index (κ1) is 14.4. The fourth-order valence-corrected chi connectivity index (χ4v) is 2.25. The van der Waals surface area contributed by atoms with E-state index in [1.807, 2.05) is 18.2 Å². The first-order chi connectivity index (χ1) is 9.74. The highest BCUT2D eigenvalue weighted by Crippen LogP contribution is 2.25. The molecular weight excluding hydrogens is 270 g/mol. The molecule has 2 nitrogen and oxygen atoms in total. The third-order valence-corrected chi connectivity index (χ3v) is 3.50. The van der Waals surface area contributed by atoms with Crippen molar-refractivity contribution in [3.05, 3.63) is 64.7 Å².